The van der Waals surface area contributed by atoms with Crippen molar-refractivity contribution < 1.29 is 77.3 Å². The summed E-state index contributed by atoms with van der Waals surface area (Å²) in [7, 11) is -5.29. The van der Waals surface area contributed by atoms with Gasteiger partial charge in [0.25, 0.3) is 0 Å². The van der Waals surface area contributed by atoms with Gasteiger partial charge in [-0.1, -0.05) is 12.1 Å². The van der Waals surface area contributed by atoms with Crippen LogP contribution < -0.4 is 43.8 Å². The molecule has 24 nitrogen and oxygen atoms in total. The van der Waals surface area contributed by atoms with Crippen LogP contribution >= 0.6 is 7.82 Å². The summed E-state index contributed by atoms with van der Waals surface area (Å²) in [6, 6.07) is -4.59. The van der Waals surface area contributed by atoms with Crippen molar-refractivity contribution in [1.29, 1.82) is 0 Å². The summed E-state index contributed by atoms with van der Waals surface area (Å²) in [6.45, 7) is -0.0794. The van der Waals surface area contributed by atoms with Gasteiger partial charge >= 0.3 is 19.8 Å². The molecule has 0 radical (unpaired) electrons. The van der Waals surface area contributed by atoms with Gasteiger partial charge in [-0.3, -0.25) is 42.9 Å². The summed E-state index contributed by atoms with van der Waals surface area (Å²) < 4.78 is 15.8. The number of nitrogens with one attached hydrogen (secondary N) is 5. The van der Waals surface area contributed by atoms with Crippen molar-refractivity contribution >= 4 is 61.1 Å². The van der Waals surface area contributed by atoms with Crippen LogP contribution in [0.4, 0.5) is 0 Å². The molecule has 0 unspecified atom stereocenters. The van der Waals surface area contributed by atoms with E-state index < -0.39 is 130 Å². The number of phosphoric ester groups is 1. The molecule has 16 N–H and O–H groups in total. The van der Waals surface area contributed by atoms with E-state index in [9.17, 15) is 72.8 Å². The van der Waals surface area contributed by atoms with E-state index in [0.717, 1.165) is 6.92 Å². The van der Waals surface area contributed by atoms with Gasteiger partial charge in [-0.25, -0.2) is 9.36 Å². The Hall–Kier alpha value is -5.68. The van der Waals surface area contributed by atoms with E-state index in [1.54, 1.807) is 0 Å². The zero-order valence-electron chi connectivity index (χ0n) is 29.3. The number of hydrogen-bond acceptors (Lipinski definition) is 13. The Balaban J connectivity index is 3.28. The predicted molar refractivity (Wildman–Crippen MR) is 184 cm³/mol. The van der Waals surface area contributed by atoms with E-state index in [4.69, 9.17) is 17.2 Å². The number of nitrogens with two attached hydrogens (primary N) is 3. The number of phenols is 1. The van der Waals surface area contributed by atoms with Crippen molar-refractivity contribution in [1.82, 2.24) is 26.6 Å². The third-order valence-electron chi connectivity index (χ3n) is 7.42. The average Bonchev–Trinajstić information content (AvgIpc) is 3.08. The Kier molecular flexibility index (Phi) is 19.4. The fraction of sp³-hybridized carbons (Fsp3) is 0.500. The number of phenolic OH excluding ortho intramolecular Hbond substituents is 1. The fourth-order valence-electron chi connectivity index (χ4n) is 4.44. The lowest BCUT2D eigenvalue weighted by Crippen LogP contribution is -2.60. The first-order valence-corrected chi connectivity index (χ1v) is 17.8. The molecule has 0 aromatic heterocycles. The minimum Gasteiger partial charge on any atom is -0.508 e. The standard InChI is InChI=1S/C30H45N8O16P/c1-14(34-26(45)17(31)6-9-22(32)40)25(44)38-21(13-54-55(51,52)53)29(48)36-18(7-10-23(33)41)27(46)35-19(8-11-24(42)43)28(47)37-20(30(49)50)12-15-2-4-16(39)5-3-15/h2-5,14,17-21,39H,6-13,31H2,1H3,(H2,32,40)(H2,33,41)(H,34,45)(H,35,46)(H,36,48)(H,37,47)(H,38,44)(H,42,43)(H,49,50)(H2,51,52,53)/t14-,17-,18-,19-,20-,21-/m0/s1. The van der Waals surface area contributed by atoms with Gasteiger partial charge in [0.05, 0.1) is 12.6 Å². The zero-order valence-corrected chi connectivity index (χ0v) is 30.2. The third-order valence-corrected chi connectivity index (χ3v) is 7.90. The number of aliphatic carboxylic acids is 2. The van der Waals surface area contributed by atoms with Crippen LogP contribution in [0.25, 0.3) is 0 Å². The van der Waals surface area contributed by atoms with Crippen molar-refractivity contribution in [2.24, 2.45) is 17.2 Å². The molecule has 0 aliphatic heterocycles. The average molecular weight is 805 g/mol. The second kappa shape index (κ2) is 22.5. The molecule has 0 saturated carbocycles. The number of amides is 7. The molecule has 0 aliphatic rings. The van der Waals surface area contributed by atoms with Crippen LogP contribution in [-0.4, -0.2) is 121 Å². The first-order valence-electron chi connectivity index (χ1n) is 16.3. The van der Waals surface area contributed by atoms with Crippen molar-refractivity contribution in [2.45, 2.75) is 88.1 Å². The molecule has 0 aliphatic carbocycles. The minimum atomic E-state index is -5.29. The molecule has 0 heterocycles. The van der Waals surface area contributed by atoms with Crippen LogP contribution in [0.3, 0.4) is 0 Å². The first-order chi connectivity index (χ1) is 25.5. The molecule has 0 saturated heterocycles. The maximum Gasteiger partial charge on any atom is 0.469 e. The van der Waals surface area contributed by atoms with Gasteiger partial charge in [-0.05, 0) is 43.9 Å². The van der Waals surface area contributed by atoms with Crippen molar-refractivity contribution in [3.63, 3.8) is 0 Å². The molecule has 0 spiro atoms. The van der Waals surface area contributed by atoms with Crippen molar-refractivity contribution in [3.8, 4) is 5.75 Å². The van der Waals surface area contributed by atoms with E-state index in [0.29, 0.717) is 5.56 Å². The lowest BCUT2D eigenvalue weighted by atomic mass is 10.0. The predicted octanol–water partition coefficient (Wildman–Crippen LogP) is -4.70. The summed E-state index contributed by atoms with van der Waals surface area (Å²) in [6.07, 6.45) is -3.20. The highest BCUT2D eigenvalue weighted by molar-refractivity contribution is 7.46. The van der Waals surface area contributed by atoms with E-state index in [1.165, 1.54) is 24.3 Å². The largest absolute Gasteiger partial charge is 0.508 e. The normalized spacial score (nSPS) is 14.4. The molecule has 25 heteroatoms. The highest BCUT2D eigenvalue weighted by Crippen LogP contribution is 2.35. The molecular formula is C30H45N8O16P. The van der Waals surface area contributed by atoms with Crippen LogP contribution in [0.1, 0.15) is 51.0 Å². The molecule has 7 amide bonds. The molecule has 0 fully saturated rings. The molecule has 6 atom stereocenters. The van der Waals surface area contributed by atoms with Crippen LogP contribution in [-0.2, 0) is 58.7 Å². The molecular weight excluding hydrogens is 759 g/mol. The first kappa shape index (κ1) is 47.3. The Morgan fingerprint density at radius 2 is 1.13 bits per heavy atom. The van der Waals surface area contributed by atoms with E-state index in [-0.39, 0.29) is 25.0 Å². The highest BCUT2D eigenvalue weighted by atomic mass is 31.2. The van der Waals surface area contributed by atoms with Gasteiger partial charge in [0.15, 0.2) is 0 Å². The smallest absolute Gasteiger partial charge is 0.469 e. The lowest BCUT2D eigenvalue weighted by Gasteiger charge is -2.26. The SMILES string of the molecule is C[C@H](NC(=O)[C@@H](N)CCC(N)=O)C(=O)N[C@@H](COP(=O)(O)O)C(=O)N[C@@H](CCC(N)=O)C(=O)N[C@@H](CCC(=O)O)C(=O)N[C@@H](Cc1ccc(O)cc1)C(=O)O. The zero-order chi connectivity index (χ0) is 42.0. The molecule has 306 valence electrons. The lowest BCUT2D eigenvalue weighted by molar-refractivity contribution is -0.143. The number of carboxylic acids is 2. The second-order valence-electron chi connectivity index (χ2n) is 12.0. The summed E-state index contributed by atoms with van der Waals surface area (Å²) in [5.41, 5.74) is 16.3. The number of benzene rings is 1. The summed E-state index contributed by atoms with van der Waals surface area (Å²) >= 11 is 0. The summed E-state index contributed by atoms with van der Waals surface area (Å²) in [5.74, 6) is -10.5. The molecule has 1 aromatic rings. The maximum atomic E-state index is 13.5. The number of phosphoric acid groups is 1. The topological polar surface area (TPSA) is 419 Å². The number of carbonyl (C=O) groups excluding carboxylic acids is 7. The third kappa shape index (κ3) is 19.3. The molecule has 1 rings (SSSR count). The summed E-state index contributed by atoms with van der Waals surface area (Å²) in [5, 5.41) is 39.2. The van der Waals surface area contributed by atoms with E-state index in [1.807, 2.05) is 0 Å². The molecule has 0 bridgehead atoms. The van der Waals surface area contributed by atoms with Gasteiger partial charge in [0.2, 0.25) is 41.4 Å². The van der Waals surface area contributed by atoms with E-state index >= 15 is 0 Å². The maximum absolute atomic E-state index is 13.5. The number of rotatable bonds is 25. The Morgan fingerprint density at radius 3 is 1.60 bits per heavy atom. The molecule has 55 heavy (non-hydrogen) atoms. The highest BCUT2D eigenvalue weighted by Gasteiger charge is 2.34. The molecule has 1 aromatic carbocycles. The van der Waals surface area contributed by atoms with Crippen LogP contribution in [0.5, 0.6) is 5.75 Å². The Labute approximate surface area is 312 Å². The van der Waals surface area contributed by atoms with Crippen molar-refractivity contribution in [3.05, 3.63) is 29.8 Å². The van der Waals surface area contributed by atoms with Gasteiger partial charge < -0.3 is 68.9 Å². The number of hydrogen-bond donors (Lipinski definition) is 13. The quantitative estimate of drug-likeness (QED) is 0.0413. The number of carbonyl (C=O) groups is 9. The Bertz CT molecular complexity index is 1620. The minimum absolute atomic E-state index is 0.115. The van der Waals surface area contributed by atoms with E-state index in [2.05, 4.69) is 31.1 Å². The van der Waals surface area contributed by atoms with Gasteiger partial charge in [0, 0.05) is 25.7 Å². The second-order valence-corrected chi connectivity index (χ2v) is 13.3. The van der Waals surface area contributed by atoms with Crippen LogP contribution in [0.2, 0.25) is 0 Å². The number of primary amides is 2. The van der Waals surface area contributed by atoms with Gasteiger partial charge in [-0.15, -0.1) is 0 Å². The van der Waals surface area contributed by atoms with Crippen LogP contribution in [0.15, 0.2) is 24.3 Å². The van der Waals surface area contributed by atoms with Gasteiger partial charge in [-0.2, -0.15) is 0 Å². The van der Waals surface area contributed by atoms with Crippen LogP contribution in [0, 0.1) is 0 Å². The van der Waals surface area contributed by atoms with Crippen molar-refractivity contribution in [2.75, 3.05) is 6.61 Å². The Morgan fingerprint density at radius 1 is 0.673 bits per heavy atom. The number of aromatic hydroxyl groups is 1. The number of carboxylic acid groups (broad SMARTS) is 2. The summed E-state index contributed by atoms with van der Waals surface area (Å²) in [4.78, 5) is 130. The van der Waals surface area contributed by atoms with Gasteiger partial charge in [0.1, 0.15) is 36.0 Å². The monoisotopic (exact) mass is 804 g/mol. The fourth-order valence-corrected chi connectivity index (χ4v) is 4.79.